The Hall–Kier alpha value is -1.36. The summed E-state index contributed by atoms with van der Waals surface area (Å²) in [7, 11) is 1.60. The highest BCUT2D eigenvalue weighted by Crippen LogP contribution is 2.22. The van der Waals surface area contributed by atoms with Gasteiger partial charge in [-0.2, -0.15) is 0 Å². The lowest BCUT2D eigenvalue weighted by Crippen LogP contribution is -2.35. The zero-order chi connectivity index (χ0) is 10.7. The van der Waals surface area contributed by atoms with Gasteiger partial charge in [0.25, 0.3) is 0 Å². The Morgan fingerprint density at radius 3 is 2.73 bits per heavy atom. The van der Waals surface area contributed by atoms with E-state index >= 15 is 0 Å². The molecule has 15 heavy (non-hydrogen) atoms. The first kappa shape index (κ1) is 10.2. The van der Waals surface area contributed by atoms with Gasteiger partial charge in [-0.25, -0.2) is 9.97 Å². The predicted octanol–water partition coefficient (Wildman–Crippen LogP) is 1.08. The predicted molar refractivity (Wildman–Crippen MR) is 56.0 cm³/mol. The molecule has 5 heteroatoms. The number of hydrogen-bond acceptors (Lipinski definition) is 5. The summed E-state index contributed by atoms with van der Waals surface area (Å²) in [5, 5.41) is 3.27. The van der Waals surface area contributed by atoms with Crippen LogP contribution in [-0.2, 0) is 4.74 Å². The summed E-state index contributed by atoms with van der Waals surface area (Å²) in [6, 6.07) is 0. The molecule has 0 radical (unpaired) electrons. The van der Waals surface area contributed by atoms with E-state index < -0.39 is 0 Å². The molecule has 82 valence electrons. The van der Waals surface area contributed by atoms with Gasteiger partial charge < -0.3 is 14.8 Å². The average Bonchev–Trinajstić information content (AvgIpc) is 2.66. The fraction of sp³-hybridized carbons (Fsp3) is 0.600. The molecule has 1 unspecified atom stereocenters. The van der Waals surface area contributed by atoms with Gasteiger partial charge in [-0.15, -0.1) is 0 Å². The van der Waals surface area contributed by atoms with Gasteiger partial charge in [0, 0.05) is 6.61 Å². The van der Waals surface area contributed by atoms with Crippen molar-refractivity contribution in [2.75, 3.05) is 25.6 Å². The van der Waals surface area contributed by atoms with Crippen molar-refractivity contribution in [3.8, 4) is 5.75 Å². The van der Waals surface area contributed by atoms with Crippen molar-refractivity contribution in [3.63, 3.8) is 0 Å². The first-order chi connectivity index (χ1) is 7.22. The SMILES string of the molecule is COc1cnc(NC2(C)CCOC2)nc1. The Morgan fingerprint density at radius 2 is 2.20 bits per heavy atom. The van der Waals surface area contributed by atoms with Crippen LogP contribution >= 0.6 is 0 Å². The van der Waals surface area contributed by atoms with E-state index in [4.69, 9.17) is 9.47 Å². The van der Waals surface area contributed by atoms with Crippen LogP contribution < -0.4 is 10.1 Å². The summed E-state index contributed by atoms with van der Waals surface area (Å²) < 4.78 is 10.3. The zero-order valence-electron chi connectivity index (χ0n) is 8.99. The topological polar surface area (TPSA) is 56.3 Å². The second kappa shape index (κ2) is 4.02. The molecule has 1 aromatic heterocycles. The molecule has 1 aliphatic rings. The minimum absolute atomic E-state index is 0.0470. The second-order valence-corrected chi connectivity index (χ2v) is 3.93. The average molecular weight is 209 g/mol. The number of nitrogens with zero attached hydrogens (tertiary/aromatic N) is 2. The smallest absolute Gasteiger partial charge is 0.223 e. The lowest BCUT2D eigenvalue weighted by molar-refractivity contribution is 0.185. The van der Waals surface area contributed by atoms with Gasteiger partial charge in [-0.1, -0.05) is 0 Å². The Kier molecular flexibility index (Phi) is 2.73. The summed E-state index contributed by atoms with van der Waals surface area (Å²) in [4.78, 5) is 8.31. The normalized spacial score (nSPS) is 25.2. The lowest BCUT2D eigenvalue weighted by Gasteiger charge is -2.23. The fourth-order valence-corrected chi connectivity index (χ4v) is 1.52. The van der Waals surface area contributed by atoms with Crippen LogP contribution in [0.1, 0.15) is 13.3 Å². The molecular weight excluding hydrogens is 194 g/mol. The standard InChI is InChI=1S/C10H15N3O2/c1-10(3-4-15-7-10)13-9-11-5-8(14-2)6-12-9/h5-6H,3-4,7H2,1-2H3,(H,11,12,13). The molecule has 2 heterocycles. The molecule has 0 saturated carbocycles. The van der Waals surface area contributed by atoms with E-state index in [1.54, 1.807) is 19.5 Å². The number of nitrogens with one attached hydrogen (secondary N) is 1. The van der Waals surface area contributed by atoms with Crippen LogP contribution in [0.4, 0.5) is 5.95 Å². The maximum Gasteiger partial charge on any atom is 0.223 e. The van der Waals surface area contributed by atoms with Crippen LogP contribution in [0.2, 0.25) is 0 Å². The van der Waals surface area contributed by atoms with E-state index in [0.29, 0.717) is 18.3 Å². The van der Waals surface area contributed by atoms with Gasteiger partial charge in [-0.3, -0.25) is 0 Å². The Labute approximate surface area is 88.8 Å². The van der Waals surface area contributed by atoms with Gasteiger partial charge in [0.15, 0.2) is 5.75 Å². The summed E-state index contributed by atoms with van der Waals surface area (Å²) in [5.41, 5.74) is -0.0470. The molecule has 0 aliphatic carbocycles. The van der Waals surface area contributed by atoms with Gasteiger partial charge >= 0.3 is 0 Å². The summed E-state index contributed by atoms with van der Waals surface area (Å²) in [5.74, 6) is 1.28. The third-order valence-corrected chi connectivity index (χ3v) is 2.50. The highest BCUT2D eigenvalue weighted by Gasteiger charge is 2.30. The highest BCUT2D eigenvalue weighted by molar-refractivity contribution is 5.31. The first-order valence-electron chi connectivity index (χ1n) is 4.94. The summed E-state index contributed by atoms with van der Waals surface area (Å²) in [6.07, 6.45) is 4.27. The second-order valence-electron chi connectivity index (χ2n) is 3.93. The van der Waals surface area contributed by atoms with E-state index in [2.05, 4.69) is 22.2 Å². The minimum atomic E-state index is -0.0470. The molecule has 1 aliphatic heterocycles. The van der Waals surface area contributed by atoms with Crippen LogP contribution in [-0.4, -0.2) is 35.8 Å². The van der Waals surface area contributed by atoms with Crippen molar-refractivity contribution in [2.24, 2.45) is 0 Å². The van der Waals surface area contributed by atoms with Gasteiger partial charge in [-0.05, 0) is 13.3 Å². The molecule has 0 spiro atoms. The van der Waals surface area contributed by atoms with Crippen molar-refractivity contribution >= 4 is 5.95 Å². The van der Waals surface area contributed by atoms with Crippen molar-refractivity contribution in [2.45, 2.75) is 18.9 Å². The molecule has 2 rings (SSSR count). The molecule has 0 aromatic carbocycles. The molecule has 1 atom stereocenters. The fourth-order valence-electron chi connectivity index (χ4n) is 1.52. The van der Waals surface area contributed by atoms with E-state index in [-0.39, 0.29) is 5.54 Å². The number of aromatic nitrogens is 2. The van der Waals surface area contributed by atoms with Crippen LogP contribution in [0, 0.1) is 0 Å². The molecular formula is C10H15N3O2. The van der Waals surface area contributed by atoms with E-state index in [9.17, 15) is 0 Å². The summed E-state index contributed by atoms with van der Waals surface area (Å²) in [6.45, 7) is 3.59. The van der Waals surface area contributed by atoms with Crippen LogP contribution in [0.3, 0.4) is 0 Å². The Morgan fingerprint density at radius 1 is 1.47 bits per heavy atom. The Bertz CT molecular complexity index is 320. The van der Waals surface area contributed by atoms with E-state index in [1.807, 2.05) is 0 Å². The van der Waals surface area contributed by atoms with Gasteiger partial charge in [0.1, 0.15) is 0 Å². The van der Waals surface area contributed by atoms with Crippen LogP contribution in [0.15, 0.2) is 12.4 Å². The van der Waals surface area contributed by atoms with Gasteiger partial charge in [0.05, 0.1) is 31.6 Å². The highest BCUT2D eigenvalue weighted by atomic mass is 16.5. The van der Waals surface area contributed by atoms with Gasteiger partial charge in [0.2, 0.25) is 5.95 Å². The molecule has 0 amide bonds. The monoisotopic (exact) mass is 209 g/mol. The maximum atomic E-state index is 5.33. The zero-order valence-corrected chi connectivity index (χ0v) is 8.99. The Balaban J connectivity index is 2.04. The number of hydrogen-bond donors (Lipinski definition) is 1. The lowest BCUT2D eigenvalue weighted by atomic mass is 10.0. The molecule has 5 nitrogen and oxygen atoms in total. The largest absolute Gasteiger partial charge is 0.494 e. The quantitative estimate of drug-likeness (QED) is 0.807. The minimum Gasteiger partial charge on any atom is -0.494 e. The van der Waals surface area contributed by atoms with Crippen molar-refractivity contribution < 1.29 is 9.47 Å². The molecule has 1 aromatic rings. The molecule has 1 N–H and O–H groups in total. The maximum absolute atomic E-state index is 5.33. The number of anilines is 1. The molecule has 1 saturated heterocycles. The van der Waals surface area contributed by atoms with Crippen LogP contribution in [0.5, 0.6) is 5.75 Å². The number of methoxy groups -OCH3 is 1. The molecule has 1 fully saturated rings. The number of ether oxygens (including phenoxy) is 2. The third kappa shape index (κ3) is 2.36. The summed E-state index contributed by atoms with van der Waals surface area (Å²) >= 11 is 0. The van der Waals surface area contributed by atoms with Crippen molar-refractivity contribution in [1.82, 2.24) is 9.97 Å². The van der Waals surface area contributed by atoms with E-state index in [0.717, 1.165) is 13.0 Å². The van der Waals surface area contributed by atoms with Crippen molar-refractivity contribution in [1.29, 1.82) is 0 Å². The number of rotatable bonds is 3. The first-order valence-corrected chi connectivity index (χ1v) is 4.94. The molecule has 0 bridgehead atoms. The van der Waals surface area contributed by atoms with Crippen LogP contribution in [0.25, 0.3) is 0 Å². The van der Waals surface area contributed by atoms with Crippen molar-refractivity contribution in [3.05, 3.63) is 12.4 Å². The van der Waals surface area contributed by atoms with E-state index in [1.165, 1.54) is 0 Å². The third-order valence-electron chi connectivity index (χ3n) is 2.50.